The molecule has 0 atom stereocenters. The van der Waals surface area contributed by atoms with E-state index in [1.807, 2.05) is 25.1 Å². The van der Waals surface area contributed by atoms with Crippen LogP contribution in [0.15, 0.2) is 28.1 Å². The number of anilines is 1. The van der Waals surface area contributed by atoms with Crippen LogP contribution in [0.3, 0.4) is 0 Å². The first kappa shape index (κ1) is 21.4. The molecular weight excluding hydrogens is 360 g/mol. The Morgan fingerprint density at radius 2 is 2.11 bits per heavy atom. The second kappa shape index (κ2) is 11.1. The molecule has 3 N–H and O–H groups in total. The van der Waals surface area contributed by atoms with E-state index < -0.39 is 0 Å². The number of nitrogens with zero attached hydrogens (tertiary/aromatic N) is 2. The van der Waals surface area contributed by atoms with Gasteiger partial charge in [-0.3, -0.25) is 9.78 Å². The summed E-state index contributed by atoms with van der Waals surface area (Å²) < 4.78 is 11.4. The van der Waals surface area contributed by atoms with Crippen LogP contribution in [0.2, 0.25) is 0 Å². The summed E-state index contributed by atoms with van der Waals surface area (Å²) in [6.45, 7) is 6.84. The van der Waals surface area contributed by atoms with Gasteiger partial charge in [-0.2, -0.15) is 5.10 Å². The van der Waals surface area contributed by atoms with Crippen LogP contribution < -0.4 is 20.5 Å². The van der Waals surface area contributed by atoms with Gasteiger partial charge in [-0.15, -0.1) is 0 Å². The summed E-state index contributed by atoms with van der Waals surface area (Å²) in [6, 6.07) is 5.58. The second-order valence-electron chi connectivity index (χ2n) is 6.16. The average Bonchev–Trinajstić information content (AvgIpc) is 2.67. The van der Waals surface area contributed by atoms with Gasteiger partial charge in [0.2, 0.25) is 5.95 Å². The zero-order valence-corrected chi connectivity index (χ0v) is 16.6. The molecule has 0 bridgehead atoms. The van der Waals surface area contributed by atoms with Gasteiger partial charge in [0.05, 0.1) is 25.1 Å². The first-order valence-electron chi connectivity index (χ1n) is 9.48. The lowest BCUT2D eigenvalue weighted by atomic mass is 10.2. The normalized spacial score (nSPS) is 11.0. The number of aliphatic hydroxyl groups is 1. The van der Waals surface area contributed by atoms with Crippen LogP contribution >= 0.6 is 0 Å². The van der Waals surface area contributed by atoms with E-state index in [-0.39, 0.29) is 24.5 Å². The SMILES string of the molecule is CCCCOc1ccc(/C=N\Nc2nc(C)c(CCO)c(=O)[nH]2)cc1OCC. The van der Waals surface area contributed by atoms with Crippen molar-refractivity contribution < 1.29 is 14.6 Å². The van der Waals surface area contributed by atoms with Gasteiger partial charge >= 0.3 is 0 Å². The first-order valence-corrected chi connectivity index (χ1v) is 9.48. The zero-order valence-electron chi connectivity index (χ0n) is 16.6. The van der Waals surface area contributed by atoms with Crippen LogP contribution in [0.5, 0.6) is 11.5 Å². The minimum atomic E-state index is -0.286. The third-order valence-corrected chi connectivity index (χ3v) is 3.99. The number of nitrogens with one attached hydrogen (secondary N) is 2. The van der Waals surface area contributed by atoms with E-state index >= 15 is 0 Å². The Morgan fingerprint density at radius 3 is 2.79 bits per heavy atom. The van der Waals surface area contributed by atoms with Crippen LogP contribution in [-0.2, 0) is 6.42 Å². The molecule has 2 aromatic rings. The molecule has 1 aromatic carbocycles. The molecule has 0 aliphatic carbocycles. The molecule has 0 spiro atoms. The van der Waals surface area contributed by atoms with Crippen molar-refractivity contribution >= 4 is 12.2 Å². The summed E-state index contributed by atoms with van der Waals surface area (Å²) in [5, 5.41) is 13.1. The van der Waals surface area contributed by atoms with Crippen LogP contribution in [0.25, 0.3) is 0 Å². The van der Waals surface area contributed by atoms with Crippen LogP contribution in [0.1, 0.15) is 43.5 Å². The minimum absolute atomic E-state index is 0.100. The summed E-state index contributed by atoms with van der Waals surface area (Å²) in [4.78, 5) is 18.9. The topological polar surface area (TPSA) is 109 Å². The summed E-state index contributed by atoms with van der Waals surface area (Å²) in [5.74, 6) is 1.62. The lowest BCUT2D eigenvalue weighted by molar-refractivity contribution is 0.272. The van der Waals surface area contributed by atoms with Gasteiger partial charge in [-0.25, -0.2) is 10.4 Å². The van der Waals surface area contributed by atoms with E-state index in [0.717, 1.165) is 18.4 Å². The number of aliphatic hydroxyl groups excluding tert-OH is 1. The largest absolute Gasteiger partial charge is 0.490 e. The van der Waals surface area contributed by atoms with Gasteiger partial charge in [0.15, 0.2) is 11.5 Å². The maximum atomic E-state index is 12.0. The Labute approximate surface area is 164 Å². The first-order chi connectivity index (χ1) is 13.6. The van der Waals surface area contributed by atoms with Gasteiger partial charge in [-0.05, 0) is 44.0 Å². The Hall–Kier alpha value is -2.87. The fourth-order valence-electron chi connectivity index (χ4n) is 2.56. The summed E-state index contributed by atoms with van der Waals surface area (Å²) in [5.41, 5.74) is 4.28. The number of unbranched alkanes of at least 4 members (excludes halogenated alkanes) is 1. The van der Waals surface area contributed by atoms with Crippen LogP contribution in [-0.4, -0.2) is 41.1 Å². The summed E-state index contributed by atoms with van der Waals surface area (Å²) in [6.07, 6.45) is 3.93. The van der Waals surface area contributed by atoms with Gasteiger partial charge in [0.25, 0.3) is 5.56 Å². The standard InChI is InChI=1S/C20H28N4O4/c1-4-6-11-28-17-8-7-15(12-18(17)27-5-2)13-21-24-20-22-14(3)16(9-10-25)19(26)23-20/h7-8,12-13,25H,4-6,9-11H2,1-3H3,(H2,22,23,24,26)/b21-13-. The predicted molar refractivity (Wildman–Crippen MR) is 110 cm³/mol. The highest BCUT2D eigenvalue weighted by Crippen LogP contribution is 2.28. The minimum Gasteiger partial charge on any atom is -0.490 e. The number of aromatic nitrogens is 2. The lowest BCUT2D eigenvalue weighted by Crippen LogP contribution is -2.19. The maximum Gasteiger partial charge on any atom is 0.255 e. The molecule has 0 aliphatic rings. The number of benzene rings is 1. The number of hydrazone groups is 1. The average molecular weight is 388 g/mol. The van der Waals surface area contributed by atoms with Gasteiger partial charge in [0, 0.05) is 18.6 Å². The number of aryl methyl sites for hydroxylation is 1. The van der Waals surface area contributed by atoms with E-state index in [2.05, 4.69) is 27.4 Å². The van der Waals surface area contributed by atoms with Crippen molar-refractivity contribution in [1.29, 1.82) is 0 Å². The highest BCUT2D eigenvalue weighted by molar-refractivity contribution is 5.81. The molecule has 0 aliphatic heterocycles. The zero-order chi connectivity index (χ0) is 20.4. The molecular formula is C20H28N4O4. The Bertz CT molecular complexity index is 849. The Morgan fingerprint density at radius 1 is 1.29 bits per heavy atom. The van der Waals surface area contributed by atoms with E-state index in [1.54, 1.807) is 13.1 Å². The molecule has 152 valence electrons. The Kier molecular flexibility index (Phi) is 8.48. The number of hydrogen-bond acceptors (Lipinski definition) is 7. The van der Waals surface area contributed by atoms with Crippen molar-refractivity contribution in [2.75, 3.05) is 25.2 Å². The molecule has 1 aromatic heterocycles. The van der Waals surface area contributed by atoms with Crippen LogP contribution in [0.4, 0.5) is 5.95 Å². The van der Waals surface area contributed by atoms with Crippen molar-refractivity contribution in [2.45, 2.75) is 40.0 Å². The third kappa shape index (κ3) is 6.09. The number of ether oxygens (including phenoxy) is 2. The molecule has 0 saturated heterocycles. The molecule has 1 heterocycles. The van der Waals surface area contributed by atoms with Crippen LogP contribution in [0, 0.1) is 6.92 Å². The van der Waals surface area contributed by atoms with Gasteiger partial charge in [0.1, 0.15) is 0 Å². The quantitative estimate of drug-likeness (QED) is 0.310. The van der Waals surface area contributed by atoms with Crippen molar-refractivity contribution in [2.24, 2.45) is 5.10 Å². The van der Waals surface area contributed by atoms with Gasteiger partial charge < -0.3 is 14.6 Å². The van der Waals surface area contributed by atoms with Crippen molar-refractivity contribution in [3.63, 3.8) is 0 Å². The number of rotatable bonds is 11. The predicted octanol–water partition coefficient (Wildman–Crippen LogP) is 2.64. The molecule has 2 rings (SSSR count). The Balaban J connectivity index is 2.09. The molecule has 8 nitrogen and oxygen atoms in total. The number of hydrogen-bond donors (Lipinski definition) is 3. The molecule has 0 fully saturated rings. The second-order valence-corrected chi connectivity index (χ2v) is 6.16. The number of H-pyrrole nitrogens is 1. The van der Waals surface area contributed by atoms with E-state index in [1.165, 1.54) is 0 Å². The maximum absolute atomic E-state index is 12.0. The summed E-state index contributed by atoms with van der Waals surface area (Å²) >= 11 is 0. The fraction of sp³-hybridized carbons (Fsp3) is 0.450. The monoisotopic (exact) mass is 388 g/mol. The van der Waals surface area contributed by atoms with Crippen molar-refractivity contribution in [3.05, 3.63) is 45.4 Å². The smallest absolute Gasteiger partial charge is 0.255 e. The van der Waals surface area contributed by atoms with Crippen molar-refractivity contribution in [1.82, 2.24) is 9.97 Å². The fourth-order valence-corrected chi connectivity index (χ4v) is 2.56. The van der Waals surface area contributed by atoms with Gasteiger partial charge in [-0.1, -0.05) is 13.3 Å². The lowest BCUT2D eigenvalue weighted by Gasteiger charge is -2.12. The molecule has 0 unspecified atom stereocenters. The van der Waals surface area contributed by atoms with E-state index in [0.29, 0.717) is 36.0 Å². The molecule has 0 saturated carbocycles. The highest BCUT2D eigenvalue weighted by atomic mass is 16.5. The van der Waals surface area contributed by atoms with E-state index in [4.69, 9.17) is 14.6 Å². The molecule has 8 heteroatoms. The molecule has 0 amide bonds. The summed E-state index contributed by atoms with van der Waals surface area (Å²) in [7, 11) is 0. The van der Waals surface area contributed by atoms with Crippen molar-refractivity contribution in [3.8, 4) is 11.5 Å². The van der Waals surface area contributed by atoms with E-state index in [9.17, 15) is 4.79 Å². The highest BCUT2D eigenvalue weighted by Gasteiger charge is 2.08. The third-order valence-electron chi connectivity index (χ3n) is 3.99. The molecule has 28 heavy (non-hydrogen) atoms. The molecule has 0 radical (unpaired) electrons. The number of aromatic amines is 1.